The molecular formula is C19H20F2N2O4S. The predicted molar refractivity (Wildman–Crippen MR) is 98.1 cm³/mol. The van der Waals surface area contributed by atoms with Crippen molar-refractivity contribution in [2.75, 3.05) is 19.7 Å². The first kappa shape index (κ1) is 20.2. The minimum absolute atomic E-state index is 0.0358. The molecule has 1 aromatic carbocycles. The van der Waals surface area contributed by atoms with Crippen LogP contribution in [0.1, 0.15) is 35.3 Å². The van der Waals surface area contributed by atoms with Crippen molar-refractivity contribution in [1.82, 2.24) is 9.88 Å². The normalized spacial score (nSPS) is 16.7. The highest BCUT2D eigenvalue weighted by Crippen LogP contribution is 2.22. The lowest BCUT2D eigenvalue weighted by Gasteiger charge is -2.31. The van der Waals surface area contributed by atoms with Crippen LogP contribution < -0.4 is 4.74 Å². The predicted octanol–water partition coefficient (Wildman–Crippen LogP) is 3.42. The fourth-order valence-electron chi connectivity index (χ4n) is 2.98. The van der Waals surface area contributed by atoms with Crippen LogP contribution in [0.3, 0.4) is 0 Å². The molecule has 0 saturated carbocycles. The summed E-state index contributed by atoms with van der Waals surface area (Å²) in [6, 6.07) is 3.04. The smallest absolute Gasteiger partial charge is 0.310 e. The van der Waals surface area contributed by atoms with E-state index >= 15 is 0 Å². The number of rotatable bonds is 6. The zero-order valence-electron chi connectivity index (χ0n) is 15.3. The maximum Gasteiger partial charge on any atom is 0.310 e. The van der Waals surface area contributed by atoms with E-state index in [0.29, 0.717) is 31.1 Å². The highest BCUT2D eigenvalue weighted by Gasteiger charge is 2.30. The van der Waals surface area contributed by atoms with Gasteiger partial charge in [0.1, 0.15) is 23.1 Å². The number of amides is 1. The first-order chi connectivity index (χ1) is 13.5. The van der Waals surface area contributed by atoms with E-state index in [4.69, 9.17) is 9.47 Å². The number of hydrogen-bond acceptors (Lipinski definition) is 6. The second-order valence-corrected chi connectivity index (χ2v) is 7.27. The van der Waals surface area contributed by atoms with E-state index in [1.807, 2.05) is 0 Å². The Labute approximate surface area is 165 Å². The van der Waals surface area contributed by atoms with E-state index < -0.39 is 11.6 Å². The van der Waals surface area contributed by atoms with Crippen molar-refractivity contribution in [3.63, 3.8) is 0 Å². The highest BCUT2D eigenvalue weighted by molar-refractivity contribution is 7.09. The van der Waals surface area contributed by atoms with Gasteiger partial charge >= 0.3 is 5.97 Å². The number of piperidine rings is 1. The van der Waals surface area contributed by atoms with Gasteiger partial charge in [-0.05, 0) is 31.9 Å². The number of likely N-dealkylation sites (tertiary alicyclic amines) is 1. The number of hydrogen-bond donors (Lipinski definition) is 0. The van der Waals surface area contributed by atoms with Crippen LogP contribution in [0.25, 0.3) is 0 Å². The Hall–Kier alpha value is -2.55. The van der Waals surface area contributed by atoms with Gasteiger partial charge in [0.2, 0.25) is 0 Å². The lowest BCUT2D eigenvalue weighted by molar-refractivity contribution is -0.149. The third-order valence-corrected chi connectivity index (χ3v) is 5.17. The average molecular weight is 410 g/mol. The van der Waals surface area contributed by atoms with Crippen molar-refractivity contribution in [3.05, 3.63) is 45.9 Å². The third-order valence-electron chi connectivity index (χ3n) is 4.34. The van der Waals surface area contributed by atoms with Crippen LogP contribution in [-0.4, -0.2) is 41.5 Å². The number of nitrogens with zero attached hydrogens (tertiary/aromatic N) is 2. The number of benzene rings is 1. The number of aromatic nitrogens is 1. The van der Waals surface area contributed by atoms with Crippen LogP contribution in [0.5, 0.6) is 5.75 Å². The summed E-state index contributed by atoms with van der Waals surface area (Å²) in [5.41, 5.74) is 0.257. The van der Waals surface area contributed by atoms with E-state index in [-0.39, 0.29) is 35.8 Å². The SMILES string of the molecule is CCOC(=O)C1CCCN(C(=O)c2csc(COc3ccc(F)cc3F)n2)C1. The fourth-order valence-corrected chi connectivity index (χ4v) is 3.66. The molecule has 1 amide bonds. The Kier molecular flexibility index (Phi) is 6.56. The summed E-state index contributed by atoms with van der Waals surface area (Å²) in [4.78, 5) is 30.5. The van der Waals surface area contributed by atoms with Gasteiger partial charge in [-0.1, -0.05) is 0 Å². The molecule has 150 valence electrons. The molecule has 1 unspecified atom stereocenters. The fraction of sp³-hybridized carbons (Fsp3) is 0.421. The quantitative estimate of drug-likeness (QED) is 0.683. The molecule has 1 saturated heterocycles. The molecule has 2 heterocycles. The zero-order valence-corrected chi connectivity index (χ0v) is 16.1. The van der Waals surface area contributed by atoms with Gasteiger partial charge < -0.3 is 14.4 Å². The molecule has 0 radical (unpaired) electrons. The number of carbonyl (C=O) groups excluding carboxylic acids is 2. The molecule has 0 bridgehead atoms. The molecule has 3 rings (SSSR count). The Morgan fingerprint density at radius 2 is 2.18 bits per heavy atom. The van der Waals surface area contributed by atoms with Crippen molar-refractivity contribution < 1.29 is 27.8 Å². The second-order valence-electron chi connectivity index (χ2n) is 6.33. The Morgan fingerprint density at radius 1 is 1.36 bits per heavy atom. The van der Waals surface area contributed by atoms with Gasteiger partial charge in [-0.3, -0.25) is 9.59 Å². The summed E-state index contributed by atoms with van der Waals surface area (Å²) in [5, 5.41) is 2.10. The summed E-state index contributed by atoms with van der Waals surface area (Å²) in [6.07, 6.45) is 1.42. The van der Waals surface area contributed by atoms with Crippen molar-refractivity contribution in [2.24, 2.45) is 5.92 Å². The molecule has 9 heteroatoms. The van der Waals surface area contributed by atoms with E-state index in [2.05, 4.69) is 4.98 Å². The van der Waals surface area contributed by atoms with E-state index in [1.165, 1.54) is 17.4 Å². The van der Waals surface area contributed by atoms with E-state index in [0.717, 1.165) is 18.6 Å². The number of esters is 1. The molecule has 28 heavy (non-hydrogen) atoms. The summed E-state index contributed by atoms with van der Waals surface area (Å²) in [5.74, 6) is -2.43. The Balaban J connectivity index is 1.59. The standard InChI is InChI=1S/C19H20F2N2O4S/c1-2-26-19(25)12-4-3-7-23(9-12)18(24)15-11-28-17(22-15)10-27-16-6-5-13(20)8-14(16)21/h5-6,8,11-12H,2-4,7,9-10H2,1H3. The molecule has 1 fully saturated rings. The Bertz CT molecular complexity index is 858. The average Bonchev–Trinajstić information content (AvgIpc) is 3.16. The monoisotopic (exact) mass is 410 g/mol. The second kappa shape index (κ2) is 9.09. The molecular weight excluding hydrogens is 390 g/mol. The zero-order chi connectivity index (χ0) is 20.1. The van der Waals surface area contributed by atoms with Gasteiger partial charge in [0, 0.05) is 24.5 Å². The summed E-state index contributed by atoms with van der Waals surface area (Å²) < 4.78 is 36.9. The summed E-state index contributed by atoms with van der Waals surface area (Å²) >= 11 is 1.21. The van der Waals surface area contributed by atoms with Crippen LogP contribution in [0.15, 0.2) is 23.6 Å². The van der Waals surface area contributed by atoms with Crippen LogP contribution in [0, 0.1) is 17.6 Å². The van der Waals surface area contributed by atoms with Crippen LogP contribution in [0.4, 0.5) is 8.78 Å². The molecule has 2 aromatic rings. The van der Waals surface area contributed by atoms with Crippen molar-refractivity contribution >= 4 is 23.2 Å². The summed E-state index contributed by atoms with van der Waals surface area (Å²) in [7, 11) is 0. The topological polar surface area (TPSA) is 68.7 Å². The van der Waals surface area contributed by atoms with Crippen LogP contribution >= 0.6 is 11.3 Å². The lowest BCUT2D eigenvalue weighted by Crippen LogP contribution is -2.43. The van der Waals surface area contributed by atoms with Crippen molar-refractivity contribution in [3.8, 4) is 5.75 Å². The van der Waals surface area contributed by atoms with Gasteiger partial charge in [0.15, 0.2) is 11.6 Å². The van der Waals surface area contributed by atoms with Gasteiger partial charge in [-0.2, -0.15) is 0 Å². The first-order valence-electron chi connectivity index (χ1n) is 8.96. The minimum atomic E-state index is -0.800. The van der Waals surface area contributed by atoms with E-state index in [1.54, 1.807) is 17.2 Å². The van der Waals surface area contributed by atoms with Gasteiger partial charge in [-0.25, -0.2) is 13.8 Å². The highest BCUT2D eigenvalue weighted by atomic mass is 32.1. The van der Waals surface area contributed by atoms with Crippen LogP contribution in [0.2, 0.25) is 0 Å². The Morgan fingerprint density at radius 3 is 2.93 bits per heavy atom. The number of carbonyl (C=O) groups is 2. The van der Waals surface area contributed by atoms with Gasteiger partial charge in [0.05, 0.1) is 12.5 Å². The molecule has 0 N–H and O–H groups in total. The maximum atomic E-state index is 13.6. The number of thiazole rings is 1. The molecule has 1 aromatic heterocycles. The molecule has 1 aliphatic heterocycles. The van der Waals surface area contributed by atoms with Gasteiger partial charge in [0.25, 0.3) is 5.91 Å². The van der Waals surface area contributed by atoms with Crippen molar-refractivity contribution in [1.29, 1.82) is 0 Å². The largest absolute Gasteiger partial charge is 0.483 e. The third kappa shape index (κ3) is 4.83. The molecule has 1 atom stereocenters. The number of ether oxygens (including phenoxy) is 2. The lowest BCUT2D eigenvalue weighted by atomic mass is 9.98. The molecule has 0 spiro atoms. The number of halogens is 2. The van der Waals surface area contributed by atoms with Crippen molar-refractivity contribution in [2.45, 2.75) is 26.4 Å². The summed E-state index contributed by atoms with van der Waals surface area (Å²) in [6.45, 7) is 2.89. The van der Waals surface area contributed by atoms with E-state index in [9.17, 15) is 18.4 Å². The molecule has 1 aliphatic rings. The minimum Gasteiger partial charge on any atom is -0.483 e. The molecule has 6 nitrogen and oxygen atoms in total. The van der Waals surface area contributed by atoms with Crippen LogP contribution in [-0.2, 0) is 16.1 Å². The molecule has 0 aliphatic carbocycles. The van der Waals surface area contributed by atoms with Gasteiger partial charge in [-0.15, -0.1) is 11.3 Å². The first-order valence-corrected chi connectivity index (χ1v) is 9.84. The maximum absolute atomic E-state index is 13.6.